The Morgan fingerprint density at radius 2 is 1.25 bits per heavy atom. The van der Waals surface area contributed by atoms with Gasteiger partial charge < -0.3 is 4.90 Å². The van der Waals surface area contributed by atoms with Crippen LogP contribution in [-0.2, 0) is 23.6 Å². The van der Waals surface area contributed by atoms with E-state index >= 15 is 0 Å². The molecule has 0 N–H and O–H groups in total. The van der Waals surface area contributed by atoms with Crippen LogP contribution in [0, 0.1) is 20.8 Å². The Hall–Kier alpha value is -1.28. The SMILES string of the molecule is CCN(CC)P1(=S)c2ccc(C)cc2N2c3cc(C)ccc3P(C)(=S)c3cc(C)cc1c32. The summed E-state index contributed by atoms with van der Waals surface area (Å²) in [5.74, 6) is 0. The molecule has 3 aromatic rings. The van der Waals surface area contributed by atoms with Gasteiger partial charge in [0.05, 0.1) is 23.3 Å². The van der Waals surface area contributed by atoms with Crippen molar-refractivity contribution in [3.8, 4) is 0 Å². The van der Waals surface area contributed by atoms with Crippen molar-refractivity contribution < 1.29 is 0 Å². The van der Waals surface area contributed by atoms with E-state index in [9.17, 15) is 0 Å². The van der Waals surface area contributed by atoms with Crippen molar-refractivity contribution in [2.45, 2.75) is 34.6 Å². The van der Waals surface area contributed by atoms with Crippen LogP contribution >= 0.6 is 12.2 Å². The summed E-state index contributed by atoms with van der Waals surface area (Å²) < 4.78 is 2.54. The van der Waals surface area contributed by atoms with Crippen molar-refractivity contribution >= 4 is 74.1 Å². The molecule has 5 rings (SSSR count). The van der Waals surface area contributed by atoms with Crippen molar-refractivity contribution in [2.24, 2.45) is 0 Å². The number of hydrogen-bond donors (Lipinski definition) is 0. The molecule has 0 amide bonds. The smallest absolute Gasteiger partial charge is 0.0751 e. The summed E-state index contributed by atoms with van der Waals surface area (Å²) >= 11 is 13.2. The van der Waals surface area contributed by atoms with E-state index in [0.717, 1.165) is 13.1 Å². The summed E-state index contributed by atoms with van der Waals surface area (Å²) in [7, 11) is 0. The average molecular weight is 497 g/mol. The van der Waals surface area contributed by atoms with Crippen molar-refractivity contribution in [3.63, 3.8) is 0 Å². The molecule has 2 atom stereocenters. The molecule has 0 radical (unpaired) electrons. The predicted molar refractivity (Wildman–Crippen MR) is 151 cm³/mol. The third kappa shape index (κ3) is 2.93. The molecule has 0 bridgehead atoms. The number of fused-ring (bicyclic) bond motifs is 4. The second kappa shape index (κ2) is 7.62. The van der Waals surface area contributed by atoms with E-state index < -0.39 is 12.2 Å². The zero-order chi connectivity index (χ0) is 23.0. The molecular formula is C26H30N2P2S2. The standard InChI is InChI=1S/C26H30N2P2S2/c1-7-27(8-2)30(32)23-12-10-18(4)14-21(23)28-20-13-17(3)9-11-22(20)29(6,31)24-15-19(5)16-25(30)26(24)28/h9-16H,7-8H2,1-6H3. The summed E-state index contributed by atoms with van der Waals surface area (Å²) in [6.07, 6.45) is -2.18. The molecule has 0 saturated heterocycles. The zero-order valence-corrected chi connectivity index (χ0v) is 23.1. The highest BCUT2D eigenvalue weighted by molar-refractivity contribution is 8.22. The number of rotatable bonds is 3. The van der Waals surface area contributed by atoms with Crippen molar-refractivity contribution in [2.75, 3.05) is 24.7 Å². The first-order valence-corrected chi connectivity index (χ1v) is 17.3. The lowest BCUT2D eigenvalue weighted by atomic mass is 10.1. The van der Waals surface area contributed by atoms with Crippen LogP contribution in [-0.4, -0.2) is 24.4 Å². The lowest BCUT2D eigenvalue weighted by Gasteiger charge is -2.48. The molecule has 166 valence electrons. The molecule has 32 heavy (non-hydrogen) atoms. The van der Waals surface area contributed by atoms with Gasteiger partial charge in [-0.1, -0.05) is 55.7 Å². The summed E-state index contributed by atoms with van der Waals surface area (Å²) in [5, 5.41) is 5.27. The molecule has 2 heterocycles. The van der Waals surface area contributed by atoms with Crippen molar-refractivity contribution in [1.29, 1.82) is 0 Å². The third-order valence-electron chi connectivity index (χ3n) is 6.88. The monoisotopic (exact) mass is 496 g/mol. The fourth-order valence-electron chi connectivity index (χ4n) is 5.33. The number of hydrogen-bond acceptors (Lipinski definition) is 3. The molecule has 0 saturated carbocycles. The van der Waals surface area contributed by atoms with Gasteiger partial charge in [0.2, 0.25) is 0 Å². The molecule has 0 aliphatic carbocycles. The van der Waals surface area contributed by atoms with Gasteiger partial charge in [-0.05, 0) is 74.5 Å². The first-order chi connectivity index (χ1) is 15.1. The Labute approximate surface area is 202 Å². The van der Waals surface area contributed by atoms with Gasteiger partial charge in [0.25, 0.3) is 0 Å². The molecule has 6 heteroatoms. The van der Waals surface area contributed by atoms with Crippen LogP contribution in [0.5, 0.6) is 0 Å². The van der Waals surface area contributed by atoms with Gasteiger partial charge >= 0.3 is 0 Å². The quantitative estimate of drug-likeness (QED) is 0.445. The summed E-state index contributed by atoms with van der Waals surface area (Å²) in [4.78, 5) is 2.50. The van der Waals surface area contributed by atoms with E-state index in [2.05, 4.69) is 99.4 Å². The molecule has 2 nitrogen and oxygen atoms in total. The van der Waals surface area contributed by atoms with Crippen LogP contribution in [0.1, 0.15) is 30.5 Å². The fraction of sp³-hybridized carbons (Fsp3) is 0.308. The molecule has 2 unspecified atom stereocenters. The molecule has 2 aliphatic heterocycles. The minimum Gasteiger partial charge on any atom is -0.308 e. The first-order valence-electron chi connectivity index (χ1n) is 11.3. The molecule has 0 fully saturated rings. The second-order valence-corrected chi connectivity index (χ2v) is 18.4. The van der Waals surface area contributed by atoms with Crippen LogP contribution in [0.15, 0.2) is 48.5 Å². The maximum Gasteiger partial charge on any atom is 0.0751 e. The zero-order valence-electron chi connectivity index (χ0n) is 19.6. The Balaban J connectivity index is 2.00. The van der Waals surface area contributed by atoms with Crippen LogP contribution in [0.4, 0.5) is 17.1 Å². The largest absolute Gasteiger partial charge is 0.308 e. The number of aryl methyl sites for hydroxylation is 3. The van der Waals surface area contributed by atoms with Gasteiger partial charge in [-0.15, -0.1) is 0 Å². The maximum absolute atomic E-state index is 6.76. The Morgan fingerprint density at radius 3 is 1.84 bits per heavy atom. The van der Waals surface area contributed by atoms with Crippen LogP contribution in [0.25, 0.3) is 0 Å². The molecule has 0 aromatic heterocycles. The van der Waals surface area contributed by atoms with Gasteiger partial charge in [-0.25, -0.2) is 0 Å². The molecule has 2 aliphatic rings. The number of benzene rings is 3. The second-order valence-electron chi connectivity index (χ2n) is 9.11. The minimum atomic E-state index is -2.18. The van der Waals surface area contributed by atoms with Gasteiger partial charge in [0.1, 0.15) is 0 Å². The van der Waals surface area contributed by atoms with Crippen molar-refractivity contribution in [1.82, 2.24) is 4.67 Å². The Bertz CT molecular complexity index is 1370. The maximum atomic E-state index is 6.76. The van der Waals surface area contributed by atoms with Gasteiger partial charge in [-0.2, -0.15) is 0 Å². The Morgan fingerprint density at radius 1 is 0.719 bits per heavy atom. The first kappa shape index (κ1) is 22.5. The topological polar surface area (TPSA) is 6.48 Å². The van der Waals surface area contributed by atoms with Crippen LogP contribution in [0.2, 0.25) is 0 Å². The predicted octanol–water partition coefficient (Wildman–Crippen LogP) is 5.46. The van der Waals surface area contributed by atoms with E-state index in [1.165, 1.54) is 55.0 Å². The van der Waals surface area contributed by atoms with Gasteiger partial charge in [0, 0.05) is 40.3 Å². The van der Waals surface area contributed by atoms with E-state index in [-0.39, 0.29) is 0 Å². The normalized spacial score (nSPS) is 23.0. The molecule has 3 aromatic carbocycles. The number of anilines is 3. The van der Waals surface area contributed by atoms with Gasteiger partial charge in [0.15, 0.2) is 0 Å². The summed E-state index contributed by atoms with van der Waals surface area (Å²) in [6.45, 7) is 15.2. The molecular weight excluding hydrogens is 466 g/mol. The highest BCUT2D eigenvalue weighted by Crippen LogP contribution is 2.61. The van der Waals surface area contributed by atoms with Crippen molar-refractivity contribution in [3.05, 3.63) is 65.2 Å². The minimum absolute atomic E-state index is 0.944. The van der Waals surface area contributed by atoms with E-state index in [1.807, 2.05) is 0 Å². The van der Waals surface area contributed by atoms with Crippen LogP contribution in [0.3, 0.4) is 0 Å². The number of nitrogens with zero attached hydrogens (tertiary/aromatic N) is 2. The average Bonchev–Trinajstić information content (AvgIpc) is 2.74. The lowest BCUT2D eigenvalue weighted by molar-refractivity contribution is 0.513. The summed E-state index contributed by atoms with van der Waals surface area (Å²) in [5.41, 5.74) is 7.58. The third-order valence-corrected chi connectivity index (χ3v) is 15.9. The van der Waals surface area contributed by atoms with E-state index in [0.29, 0.717) is 0 Å². The summed E-state index contributed by atoms with van der Waals surface area (Å²) in [6, 6.07) is 16.5. The lowest BCUT2D eigenvalue weighted by Crippen LogP contribution is -2.46. The molecule has 0 spiro atoms. The Kier molecular flexibility index (Phi) is 5.36. The highest BCUT2D eigenvalue weighted by Gasteiger charge is 2.45. The van der Waals surface area contributed by atoms with Gasteiger partial charge in [-0.3, -0.25) is 4.67 Å². The van der Waals surface area contributed by atoms with Crippen LogP contribution < -0.4 is 26.1 Å². The van der Waals surface area contributed by atoms with E-state index in [4.69, 9.17) is 23.6 Å². The fourth-order valence-corrected chi connectivity index (χ4v) is 13.5. The van der Waals surface area contributed by atoms with E-state index in [1.54, 1.807) is 0 Å². The highest BCUT2D eigenvalue weighted by atomic mass is 32.4.